The topological polar surface area (TPSA) is 63.8 Å². The summed E-state index contributed by atoms with van der Waals surface area (Å²) in [5.41, 5.74) is 8.06. The first-order valence-electron chi connectivity index (χ1n) is 5.22. The molecule has 0 aliphatic rings. The van der Waals surface area contributed by atoms with Gasteiger partial charge in [-0.3, -0.25) is 0 Å². The highest BCUT2D eigenvalue weighted by Gasteiger charge is 2.04. The second-order valence-electron chi connectivity index (χ2n) is 3.71. The van der Waals surface area contributed by atoms with E-state index >= 15 is 0 Å². The largest absolute Gasteiger partial charge is 0.388 e. The fraction of sp³-hybridized carbons (Fsp3) is 0.0833. The predicted octanol–water partition coefficient (Wildman–Crippen LogP) is 2.93. The standard InChI is InChI=1S/C12H11BrN4S/c1-7-3-2-4-8(11(7)13)17-10-6-15-9(5-16-10)12(14)18/h2-6H,1H3,(H2,14,18)(H,16,17). The van der Waals surface area contributed by atoms with Crippen LogP contribution < -0.4 is 11.1 Å². The zero-order chi connectivity index (χ0) is 13.1. The minimum atomic E-state index is 0.241. The van der Waals surface area contributed by atoms with Crippen LogP contribution in [0.25, 0.3) is 0 Å². The Bertz CT molecular complexity index is 583. The highest BCUT2D eigenvalue weighted by atomic mass is 79.9. The Kier molecular flexibility index (Phi) is 3.88. The zero-order valence-corrected chi connectivity index (χ0v) is 12.0. The van der Waals surface area contributed by atoms with Crippen LogP contribution in [0.2, 0.25) is 0 Å². The lowest BCUT2D eigenvalue weighted by Gasteiger charge is -2.09. The van der Waals surface area contributed by atoms with Crippen LogP contribution in [0.5, 0.6) is 0 Å². The van der Waals surface area contributed by atoms with Crippen molar-refractivity contribution < 1.29 is 0 Å². The number of hydrogen-bond acceptors (Lipinski definition) is 4. The average Bonchev–Trinajstić information content (AvgIpc) is 2.36. The second-order valence-corrected chi connectivity index (χ2v) is 4.95. The Morgan fingerprint density at radius 3 is 2.72 bits per heavy atom. The first-order valence-corrected chi connectivity index (χ1v) is 6.42. The van der Waals surface area contributed by atoms with Crippen LogP contribution in [0, 0.1) is 6.92 Å². The van der Waals surface area contributed by atoms with Crippen molar-refractivity contribution in [3.63, 3.8) is 0 Å². The van der Waals surface area contributed by atoms with Gasteiger partial charge in [-0.05, 0) is 34.5 Å². The SMILES string of the molecule is Cc1cccc(Nc2cnc(C(N)=S)cn2)c1Br. The van der Waals surface area contributed by atoms with E-state index in [1.807, 2.05) is 25.1 Å². The van der Waals surface area contributed by atoms with Gasteiger partial charge in [0.2, 0.25) is 0 Å². The van der Waals surface area contributed by atoms with E-state index in [0.29, 0.717) is 11.5 Å². The van der Waals surface area contributed by atoms with Gasteiger partial charge < -0.3 is 11.1 Å². The molecule has 0 aliphatic heterocycles. The molecule has 0 aliphatic carbocycles. The van der Waals surface area contributed by atoms with E-state index in [-0.39, 0.29) is 4.99 Å². The highest BCUT2D eigenvalue weighted by Crippen LogP contribution is 2.27. The fourth-order valence-electron chi connectivity index (χ4n) is 1.40. The third kappa shape index (κ3) is 2.83. The van der Waals surface area contributed by atoms with Gasteiger partial charge in [-0.15, -0.1) is 0 Å². The average molecular weight is 323 g/mol. The van der Waals surface area contributed by atoms with Gasteiger partial charge in [0.25, 0.3) is 0 Å². The molecule has 0 amide bonds. The van der Waals surface area contributed by atoms with Crippen LogP contribution >= 0.6 is 28.1 Å². The number of benzene rings is 1. The number of aryl methyl sites for hydroxylation is 1. The number of nitrogens with two attached hydrogens (primary N) is 1. The van der Waals surface area contributed by atoms with Gasteiger partial charge in [0, 0.05) is 4.47 Å². The number of halogens is 1. The molecule has 0 bridgehead atoms. The summed E-state index contributed by atoms with van der Waals surface area (Å²) >= 11 is 8.34. The number of nitrogens with one attached hydrogen (secondary N) is 1. The minimum absolute atomic E-state index is 0.241. The Morgan fingerprint density at radius 1 is 1.33 bits per heavy atom. The highest BCUT2D eigenvalue weighted by molar-refractivity contribution is 9.10. The Balaban J connectivity index is 2.24. The van der Waals surface area contributed by atoms with Gasteiger partial charge in [0.15, 0.2) is 0 Å². The van der Waals surface area contributed by atoms with Gasteiger partial charge in [0.1, 0.15) is 16.5 Å². The minimum Gasteiger partial charge on any atom is -0.388 e. The molecule has 1 aromatic heterocycles. The van der Waals surface area contributed by atoms with Gasteiger partial charge in [-0.1, -0.05) is 24.4 Å². The first kappa shape index (κ1) is 12.9. The van der Waals surface area contributed by atoms with E-state index in [1.165, 1.54) is 0 Å². The maximum absolute atomic E-state index is 5.46. The lowest BCUT2D eigenvalue weighted by atomic mass is 10.2. The lowest BCUT2D eigenvalue weighted by Crippen LogP contribution is -2.12. The van der Waals surface area contributed by atoms with E-state index in [1.54, 1.807) is 12.4 Å². The van der Waals surface area contributed by atoms with Crippen molar-refractivity contribution in [2.75, 3.05) is 5.32 Å². The van der Waals surface area contributed by atoms with Crippen molar-refractivity contribution >= 4 is 44.6 Å². The molecule has 0 spiro atoms. The van der Waals surface area contributed by atoms with E-state index < -0.39 is 0 Å². The molecule has 6 heteroatoms. The first-order chi connectivity index (χ1) is 8.58. The summed E-state index contributed by atoms with van der Waals surface area (Å²) < 4.78 is 1.00. The third-order valence-electron chi connectivity index (χ3n) is 2.36. The number of nitrogens with zero attached hydrogens (tertiary/aromatic N) is 2. The molecule has 0 fully saturated rings. The Morgan fingerprint density at radius 2 is 2.11 bits per heavy atom. The summed E-state index contributed by atoms with van der Waals surface area (Å²) in [6.07, 6.45) is 3.15. The van der Waals surface area contributed by atoms with Crippen LogP contribution in [-0.4, -0.2) is 15.0 Å². The van der Waals surface area contributed by atoms with Crippen molar-refractivity contribution in [1.82, 2.24) is 9.97 Å². The molecule has 0 saturated carbocycles. The second kappa shape index (κ2) is 5.41. The Hall–Kier alpha value is -1.53. The summed E-state index contributed by atoms with van der Waals surface area (Å²) in [7, 11) is 0. The molecule has 1 aromatic carbocycles. The summed E-state index contributed by atoms with van der Waals surface area (Å²) in [4.78, 5) is 8.57. The van der Waals surface area contributed by atoms with E-state index in [4.69, 9.17) is 18.0 Å². The van der Waals surface area contributed by atoms with E-state index in [2.05, 4.69) is 31.2 Å². The quantitative estimate of drug-likeness (QED) is 0.851. The van der Waals surface area contributed by atoms with Crippen LogP contribution in [0.4, 0.5) is 11.5 Å². The monoisotopic (exact) mass is 322 g/mol. The van der Waals surface area contributed by atoms with Crippen LogP contribution in [0.3, 0.4) is 0 Å². The molecule has 4 nitrogen and oxygen atoms in total. The normalized spacial score (nSPS) is 10.1. The molecular formula is C12H11BrN4S. The number of hydrogen-bond donors (Lipinski definition) is 2. The molecule has 2 rings (SSSR count). The molecule has 18 heavy (non-hydrogen) atoms. The number of rotatable bonds is 3. The molecule has 0 unspecified atom stereocenters. The molecule has 92 valence electrons. The zero-order valence-electron chi connectivity index (χ0n) is 9.64. The van der Waals surface area contributed by atoms with Crippen LogP contribution in [0.1, 0.15) is 11.3 Å². The van der Waals surface area contributed by atoms with Crippen molar-refractivity contribution in [3.8, 4) is 0 Å². The number of anilines is 2. The van der Waals surface area contributed by atoms with Crippen molar-refractivity contribution in [2.45, 2.75) is 6.92 Å². The fourth-order valence-corrected chi connectivity index (χ4v) is 1.87. The van der Waals surface area contributed by atoms with Gasteiger partial charge in [-0.2, -0.15) is 0 Å². The van der Waals surface area contributed by atoms with Crippen molar-refractivity contribution in [3.05, 3.63) is 46.3 Å². The smallest absolute Gasteiger partial charge is 0.148 e. The summed E-state index contributed by atoms with van der Waals surface area (Å²) in [5.74, 6) is 0.640. The number of aromatic nitrogens is 2. The molecule has 0 radical (unpaired) electrons. The molecule has 0 saturated heterocycles. The van der Waals surface area contributed by atoms with Gasteiger partial charge in [0.05, 0.1) is 18.1 Å². The predicted molar refractivity (Wildman–Crippen MR) is 80.1 cm³/mol. The van der Waals surface area contributed by atoms with Crippen molar-refractivity contribution in [2.24, 2.45) is 5.73 Å². The molecular weight excluding hydrogens is 312 g/mol. The summed E-state index contributed by atoms with van der Waals surface area (Å²) in [6, 6.07) is 5.95. The molecule has 1 heterocycles. The van der Waals surface area contributed by atoms with E-state index in [9.17, 15) is 0 Å². The lowest BCUT2D eigenvalue weighted by molar-refractivity contribution is 1.18. The van der Waals surface area contributed by atoms with Gasteiger partial charge >= 0.3 is 0 Å². The van der Waals surface area contributed by atoms with Crippen LogP contribution in [-0.2, 0) is 0 Å². The maximum atomic E-state index is 5.46. The van der Waals surface area contributed by atoms with Crippen molar-refractivity contribution in [1.29, 1.82) is 0 Å². The summed E-state index contributed by atoms with van der Waals surface area (Å²) in [5, 5.41) is 3.17. The van der Waals surface area contributed by atoms with Gasteiger partial charge in [-0.25, -0.2) is 9.97 Å². The maximum Gasteiger partial charge on any atom is 0.148 e. The number of thiocarbonyl (C=S) groups is 1. The van der Waals surface area contributed by atoms with E-state index in [0.717, 1.165) is 15.7 Å². The molecule has 0 atom stereocenters. The van der Waals surface area contributed by atoms with Crippen LogP contribution in [0.15, 0.2) is 35.1 Å². The molecule has 2 aromatic rings. The summed E-state index contributed by atoms with van der Waals surface area (Å²) in [6.45, 7) is 2.02. The Labute approximate surface area is 119 Å². The molecule has 3 N–H and O–H groups in total. The third-order valence-corrected chi connectivity index (χ3v) is 3.62.